The van der Waals surface area contributed by atoms with Gasteiger partial charge in [-0.25, -0.2) is 0 Å². The van der Waals surface area contributed by atoms with Crippen LogP contribution in [0.4, 0.5) is 0 Å². The Morgan fingerprint density at radius 2 is 1.68 bits per heavy atom. The number of hydrogen-bond acceptors (Lipinski definition) is 3. The van der Waals surface area contributed by atoms with Gasteiger partial charge in [-0.3, -0.25) is 4.99 Å². The zero-order chi connectivity index (χ0) is 15.4. The molecule has 1 aliphatic carbocycles. The maximum Gasteiger partial charge on any atom is 0.191 e. The largest absolute Gasteiger partial charge is 0.382 e. The number of guanidine groups is 1. The standard InChI is InChI=1S/C16H33N3O2.HI/c1-4-20-12-10-16(8-6-7-9-16)14-19-15(17-3)18-11-13-21-5-2;/h4-14H2,1-3H3,(H2,17,18,19);1H. The number of aliphatic imine (C=N–C) groups is 1. The second-order valence-electron chi connectivity index (χ2n) is 5.70. The number of ether oxygens (including phenoxy) is 2. The SMILES string of the molecule is CCOCCNC(=NC)NCC1(CCOCC)CCCC1.I. The summed E-state index contributed by atoms with van der Waals surface area (Å²) in [5, 5.41) is 6.78. The topological polar surface area (TPSA) is 54.9 Å². The van der Waals surface area contributed by atoms with E-state index >= 15 is 0 Å². The highest BCUT2D eigenvalue weighted by molar-refractivity contribution is 14.0. The number of hydrogen-bond donors (Lipinski definition) is 2. The van der Waals surface area contributed by atoms with Crippen molar-refractivity contribution >= 4 is 29.9 Å². The van der Waals surface area contributed by atoms with E-state index in [0.29, 0.717) is 12.0 Å². The fourth-order valence-corrected chi connectivity index (χ4v) is 2.95. The minimum Gasteiger partial charge on any atom is -0.382 e. The van der Waals surface area contributed by atoms with E-state index in [0.717, 1.165) is 45.3 Å². The minimum absolute atomic E-state index is 0. The minimum atomic E-state index is 0. The molecular formula is C16H34IN3O2. The molecule has 0 atom stereocenters. The molecule has 6 heteroatoms. The summed E-state index contributed by atoms with van der Waals surface area (Å²) >= 11 is 0. The summed E-state index contributed by atoms with van der Waals surface area (Å²) < 4.78 is 10.9. The second-order valence-corrected chi connectivity index (χ2v) is 5.70. The van der Waals surface area contributed by atoms with Gasteiger partial charge in [-0.2, -0.15) is 0 Å². The molecule has 0 unspecified atom stereocenters. The molecule has 0 amide bonds. The van der Waals surface area contributed by atoms with Crippen LogP contribution < -0.4 is 10.6 Å². The monoisotopic (exact) mass is 427 g/mol. The second kappa shape index (κ2) is 13.4. The van der Waals surface area contributed by atoms with Crippen LogP contribution in [-0.4, -0.2) is 52.5 Å². The summed E-state index contributed by atoms with van der Waals surface area (Å²) in [6.45, 7) is 8.99. The Bertz CT molecular complexity index is 295. The first-order chi connectivity index (χ1) is 10.3. The zero-order valence-electron chi connectivity index (χ0n) is 14.5. The zero-order valence-corrected chi connectivity index (χ0v) is 16.8. The average molecular weight is 427 g/mol. The molecule has 0 aromatic carbocycles. The van der Waals surface area contributed by atoms with Gasteiger partial charge in [0, 0.05) is 40.0 Å². The Balaban J connectivity index is 0.00000441. The number of halogens is 1. The van der Waals surface area contributed by atoms with Gasteiger partial charge >= 0.3 is 0 Å². The lowest BCUT2D eigenvalue weighted by Gasteiger charge is -2.30. The molecule has 0 aromatic rings. The Labute approximate surface area is 153 Å². The first kappa shape index (κ1) is 21.9. The van der Waals surface area contributed by atoms with Crippen LogP contribution in [0.1, 0.15) is 46.0 Å². The van der Waals surface area contributed by atoms with Crippen LogP contribution in [0.5, 0.6) is 0 Å². The van der Waals surface area contributed by atoms with Crippen LogP contribution in [0.2, 0.25) is 0 Å². The Kier molecular flexibility index (Phi) is 13.3. The van der Waals surface area contributed by atoms with Crippen LogP contribution in [0.25, 0.3) is 0 Å². The van der Waals surface area contributed by atoms with E-state index in [1.165, 1.54) is 25.7 Å². The van der Waals surface area contributed by atoms with Gasteiger partial charge in [0.2, 0.25) is 0 Å². The van der Waals surface area contributed by atoms with Gasteiger partial charge in [-0.05, 0) is 38.5 Å². The van der Waals surface area contributed by atoms with Crippen LogP contribution in [-0.2, 0) is 9.47 Å². The normalized spacial score (nSPS) is 17.1. The molecule has 132 valence electrons. The molecule has 0 bridgehead atoms. The van der Waals surface area contributed by atoms with Crippen molar-refractivity contribution in [2.45, 2.75) is 46.0 Å². The van der Waals surface area contributed by atoms with Crippen molar-refractivity contribution in [1.82, 2.24) is 10.6 Å². The molecule has 0 aromatic heterocycles. The Morgan fingerprint density at radius 3 is 2.27 bits per heavy atom. The van der Waals surface area contributed by atoms with E-state index in [4.69, 9.17) is 9.47 Å². The van der Waals surface area contributed by atoms with Crippen LogP contribution >= 0.6 is 24.0 Å². The fourth-order valence-electron chi connectivity index (χ4n) is 2.95. The highest BCUT2D eigenvalue weighted by Crippen LogP contribution is 2.40. The summed E-state index contributed by atoms with van der Waals surface area (Å²) in [6, 6.07) is 0. The van der Waals surface area contributed by atoms with Crippen LogP contribution in [0.15, 0.2) is 4.99 Å². The summed E-state index contributed by atoms with van der Waals surface area (Å²) in [7, 11) is 1.82. The van der Waals surface area contributed by atoms with Gasteiger partial charge in [0.1, 0.15) is 0 Å². The predicted molar refractivity (Wildman–Crippen MR) is 103 cm³/mol. The van der Waals surface area contributed by atoms with E-state index in [2.05, 4.69) is 22.5 Å². The maximum atomic E-state index is 5.56. The molecule has 22 heavy (non-hydrogen) atoms. The maximum absolute atomic E-state index is 5.56. The number of nitrogens with one attached hydrogen (secondary N) is 2. The molecular weight excluding hydrogens is 393 g/mol. The molecule has 0 heterocycles. The summed E-state index contributed by atoms with van der Waals surface area (Å²) in [5.41, 5.74) is 0.382. The van der Waals surface area contributed by atoms with E-state index in [1.54, 1.807) is 0 Å². The van der Waals surface area contributed by atoms with Gasteiger partial charge in [0.15, 0.2) is 5.96 Å². The van der Waals surface area contributed by atoms with Crippen molar-refractivity contribution in [2.75, 3.05) is 46.6 Å². The van der Waals surface area contributed by atoms with Crippen LogP contribution in [0, 0.1) is 5.41 Å². The van der Waals surface area contributed by atoms with E-state index in [-0.39, 0.29) is 24.0 Å². The fraction of sp³-hybridized carbons (Fsp3) is 0.938. The lowest BCUT2D eigenvalue weighted by atomic mass is 9.83. The van der Waals surface area contributed by atoms with Crippen molar-refractivity contribution < 1.29 is 9.47 Å². The summed E-state index contributed by atoms with van der Waals surface area (Å²) in [4.78, 5) is 4.28. The van der Waals surface area contributed by atoms with E-state index in [9.17, 15) is 0 Å². The van der Waals surface area contributed by atoms with Gasteiger partial charge in [-0.1, -0.05) is 12.8 Å². The van der Waals surface area contributed by atoms with Gasteiger partial charge in [0.05, 0.1) is 6.61 Å². The Morgan fingerprint density at radius 1 is 1.05 bits per heavy atom. The van der Waals surface area contributed by atoms with Crippen molar-refractivity contribution in [3.63, 3.8) is 0 Å². The molecule has 0 radical (unpaired) electrons. The van der Waals surface area contributed by atoms with E-state index in [1.807, 2.05) is 14.0 Å². The molecule has 1 aliphatic rings. The first-order valence-corrected chi connectivity index (χ1v) is 8.36. The van der Waals surface area contributed by atoms with Crippen molar-refractivity contribution in [3.8, 4) is 0 Å². The molecule has 1 saturated carbocycles. The first-order valence-electron chi connectivity index (χ1n) is 8.36. The molecule has 1 fully saturated rings. The number of rotatable bonds is 10. The molecule has 2 N–H and O–H groups in total. The Hall–Kier alpha value is -0.0800. The summed E-state index contributed by atoms with van der Waals surface area (Å²) in [5.74, 6) is 0.873. The van der Waals surface area contributed by atoms with Crippen LogP contribution in [0.3, 0.4) is 0 Å². The predicted octanol–water partition coefficient (Wildman–Crippen LogP) is 2.79. The third-order valence-corrected chi connectivity index (χ3v) is 4.24. The molecule has 0 aliphatic heterocycles. The molecule has 0 saturated heterocycles. The van der Waals surface area contributed by atoms with Gasteiger partial charge < -0.3 is 20.1 Å². The molecule has 5 nitrogen and oxygen atoms in total. The smallest absolute Gasteiger partial charge is 0.191 e. The average Bonchev–Trinajstić information content (AvgIpc) is 2.96. The van der Waals surface area contributed by atoms with Gasteiger partial charge in [-0.15, -0.1) is 24.0 Å². The third-order valence-electron chi connectivity index (χ3n) is 4.24. The van der Waals surface area contributed by atoms with E-state index < -0.39 is 0 Å². The van der Waals surface area contributed by atoms with Gasteiger partial charge in [0.25, 0.3) is 0 Å². The quantitative estimate of drug-likeness (QED) is 0.244. The van der Waals surface area contributed by atoms with Crippen molar-refractivity contribution in [1.29, 1.82) is 0 Å². The molecule has 0 spiro atoms. The summed E-state index contributed by atoms with van der Waals surface area (Å²) in [6.07, 6.45) is 6.41. The highest BCUT2D eigenvalue weighted by atomic mass is 127. The lowest BCUT2D eigenvalue weighted by Crippen LogP contribution is -2.44. The molecule has 1 rings (SSSR count). The third kappa shape index (κ3) is 8.53. The van der Waals surface area contributed by atoms with Crippen molar-refractivity contribution in [2.24, 2.45) is 10.4 Å². The van der Waals surface area contributed by atoms with Crippen molar-refractivity contribution in [3.05, 3.63) is 0 Å². The lowest BCUT2D eigenvalue weighted by molar-refractivity contribution is 0.105. The highest BCUT2D eigenvalue weighted by Gasteiger charge is 2.33. The number of nitrogens with zero attached hydrogens (tertiary/aromatic N) is 1.